The van der Waals surface area contributed by atoms with E-state index in [2.05, 4.69) is 9.97 Å². The number of hydrogen-bond acceptors (Lipinski definition) is 6. The monoisotopic (exact) mass is 388 g/mol. The molecular weight excluding hydrogens is 372 g/mol. The number of H-pyrrole nitrogens is 1. The van der Waals surface area contributed by atoms with E-state index in [-0.39, 0.29) is 22.6 Å². The van der Waals surface area contributed by atoms with E-state index in [9.17, 15) is 9.59 Å². The van der Waals surface area contributed by atoms with Crippen LogP contribution in [0.15, 0.2) is 62.5 Å². The Hall–Kier alpha value is -3.87. The zero-order valence-electron chi connectivity index (χ0n) is 15.7. The van der Waals surface area contributed by atoms with Crippen molar-refractivity contribution in [3.8, 4) is 17.4 Å². The summed E-state index contributed by atoms with van der Waals surface area (Å²) >= 11 is 0. The van der Waals surface area contributed by atoms with Crippen molar-refractivity contribution in [2.75, 3.05) is 7.11 Å². The summed E-state index contributed by atoms with van der Waals surface area (Å²) in [5.74, 6) is 0.867. The van der Waals surface area contributed by atoms with Crippen LogP contribution in [0.4, 0.5) is 0 Å². The first-order valence-corrected chi connectivity index (χ1v) is 9.05. The van der Waals surface area contributed by atoms with Gasteiger partial charge in [-0.05, 0) is 36.8 Å². The molecule has 144 valence electrons. The Morgan fingerprint density at radius 3 is 2.72 bits per heavy atom. The first kappa shape index (κ1) is 17.2. The number of methoxy groups -OCH3 is 1. The van der Waals surface area contributed by atoms with E-state index in [1.165, 1.54) is 0 Å². The molecule has 0 unspecified atom stereocenters. The maximum atomic E-state index is 13.0. The maximum absolute atomic E-state index is 13.0. The van der Waals surface area contributed by atoms with Crippen molar-refractivity contribution in [2.24, 2.45) is 0 Å². The molecule has 0 saturated heterocycles. The first-order chi connectivity index (χ1) is 14.1. The number of hydrogen-bond donors (Lipinski definition) is 1. The molecule has 1 atom stereocenters. The minimum absolute atomic E-state index is 0.183. The third-order valence-electron chi connectivity index (χ3n) is 5.04. The van der Waals surface area contributed by atoms with Crippen LogP contribution in [0.3, 0.4) is 0 Å². The Morgan fingerprint density at radius 2 is 1.90 bits per heavy atom. The van der Waals surface area contributed by atoms with Gasteiger partial charge in [-0.25, -0.2) is 4.79 Å². The van der Waals surface area contributed by atoms with Gasteiger partial charge in [0.05, 0.1) is 29.5 Å². The van der Waals surface area contributed by atoms with Crippen LogP contribution in [0.25, 0.3) is 11.0 Å². The van der Waals surface area contributed by atoms with Crippen molar-refractivity contribution in [3.63, 3.8) is 0 Å². The molecule has 2 aromatic carbocycles. The quantitative estimate of drug-likeness (QED) is 0.465. The van der Waals surface area contributed by atoms with Gasteiger partial charge in [-0.15, -0.1) is 0 Å². The lowest BCUT2D eigenvalue weighted by Gasteiger charge is -2.26. The number of rotatable bonds is 2. The number of aryl methyl sites for hydroxylation is 1. The average molecular weight is 388 g/mol. The van der Waals surface area contributed by atoms with Gasteiger partial charge in [0, 0.05) is 0 Å². The molecule has 7 heteroatoms. The molecule has 0 spiro atoms. The lowest BCUT2D eigenvalue weighted by Crippen LogP contribution is -2.28. The van der Waals surface area contributed by atoms with E-state index in [4.69, 9.17) is 13.9 Å². The van der Waals surface area contributed by atoms with Crippen LogP contribution in [0, 0.1) is 6.92 Å². The Balaban J connectivity index is 1.91. The molecule has 0 bridgehead atoms. The van der Waals surface area contributed by atoms with Crippen LogP contribution in [0.1, 0.15) is 28.4 Å². The number of aromatic amines is 1. The summed E-state index contributed by atoms with van der Waals surface area (Å²) in [5, 5.41) is 0.639. The molecule has 7 nitrogen and oxygen atoms in total. The number of ether oxygens (including phenoxy) is 2. The van der Waals surface area contributed by atoms with Gasteiger partial charge in [-0.2, -0.15) is 4.98 Å². The number of benzene rings is 2. The Morgan fingerprint density at radius 1 is 1.07 bits per heavy atom. The molecule has 2 aromatic heterocycles. The Kier molecular flexibility index (Phi) is 3.77. The second kappa shape index (κ2) is 6.34. The maximum Gasteiger partial charge on any atom is 0.344 e. The summed E-state index contributed by atoms with van der Waals surface area (Å²) in [6.07, 6.45) is 0. The predicted molar refractivity (Wildman–Crippen MR) is 106 cm³/mol. The average Bonchev–Trinajstić information content (AvgIpc) is 2.72. The molecule has 3 heterocycles. The van der Waals surface area contributed by atoms with Gasteiger partial charge in [-0.3, -0.25) is 4.79 Å². The summed E-state index contributed by atoms with van der Waals surface area (Å²) in [5.41, 5.74) is 0.717. The smallest absolute Gasteiger partial charge is 0.344 e. The third-order valence-corrected chi connectivity index (χ3v) is 5.04. The van der Waals surface area contributed by atoms with Gasteiger partial charge < -0.3 is 18.9 Å². The second-order valence-electron chi connectivity index (χ2n) is 6.81. The van der Waals surface area contributed by atoms with Gasteiger partial charge in [0.2, 0.25) is 5.88 Å². The van der Waals surface area contributed by atoms with Gasteiger partial charge in [0.25, 0.3) is 5.56 Å². The molecule has 5 rings (SSSR count). The second-order valence-corrected chi connectivity index (χ2v) is 6.81. The van der Waals surface area contributed by atoms with Crippen LogP contribution in [-0.4, -0.2) is 17.1 Å². The molecular formula is C22H16N2O5. The van der Waals surface area contributed by atoms with E-state index in [1.807, 2.05) is 18.2 Å². The third kappa shape index (κ3) is 2.62. The number of nitrogens with one attached hydrogen (secondary N) is 1. The molecule has 0 saturated carbocycles. The molecule has 4 aromatic rings. The highest BCUT2D eigenvalue weighted by Gasteiger charge is 2.37. The summed E-state index contributed by atoms with van der Waals surface area (Å²) in [4.78, 5) is 33.0. The zero-order chi connectivity index (χ0) is 20.1. The van der Waals surface area contributed by atoms with Crippen molar-refractivity contribution < 1.29 is 13.9 Å². The fourth-order valence-corrected chi connectivity index (χ4v) is 3.79. The summed E-state index contributed by atoms with van der Waals surface area (Å²) in [6, 6.07) is 14.3. The molecule has 1 aliphatic heterocycles. The molecule has 29 heavy (non-hydrogen) atoms. The highest BCUT2D eigenvalue weighted by Crippen LogP contribution is 2.46. The fourth-order valence-electron chi connectivity index (χ4n) is 3.79. The van der Waals surface area contributed by atoms with E-state index in [1.54, 1.807) is 44.4 Å². The normalized spacial score (nSPS) is 14.8. The number of nitrogens with zero attached hydrogens (tertiary/aromatic N) is 1. The molecule has 0 fully saturated rings. The Labute approximate surface area is 164 Å². The summed E-state index contributed by atoms with van der Waals surface area (Å²) in [7, 11) is 1.56. The number of fused-ring (bicyclic) bond motifs is 4. The van der Waals surface area contributed by atoms with E-state index in [0.717, 1.165) is 0 Å². The van der Waals surface area contributed by atoms with Gasteiger partial charge in [0.1, 0.15) is 17.2 Å². The number of aromatic nitrogens is 2. The SMILES string of the molecule is COc1cccc([C@H]2c3c(nc(C)[nH]c3=O)Oc3c2c(=O)oc2ccccc32)c1. The van der Waals surface area contributed by atoms with Crippen LogP contribution < -0.4 is 20.7 Å². The highest BCUT2D eigenvalue weighted by molar-refractivity contribution is 5.86. The van der Waals surface area contributed by atoms with E-state index >= 15 is 0 Å². The van der Waals surface area contributed by atoms with Crippen molar-refractivity contribution in [3.05, 3.63) is 91.8 Å². The van der Waals surface area contributed by atoms with Crippen LogP contribution in [0.2, 0.25) is 0 Å². The van der Waals surface area contributed by atoms with E-state index < -0.39 is 11.5 Å². The van der Waals surface area contributed by atoms with Gasteiger partial charge in [-0.1, -0.05) is 24.3 Å². The van der Waals surface area contributed by atoms with Gasteiger partial charge in [0.15, 0.2) is 5.75 Å². The Bertz CT molecular complexity index is 1390. The van der Waals surface area contributed by atoms with Crippen molar-refractivity contribution in [2.45, 2.75) is 12.8 Å². The largest absolute Gasteiger partial charge is 0.497 e. The minimum Gasteiger partial charge on any atom is -0.497 e. The summed E-state index contributed by atoms with van der Waals surface area (Å²) < 4.78 is 16.9. The fraction of sp³-hybridized carbons (Fsp3) is 0.136. The van der Waals surface area contributed by atoms with Crippen LogP contribution in [0.5, 0.6) is 17.4 Å². The number of para-hydroxylation sites is 1. The molecule has 0 aliphatic carbocycles. The topological polar surface area (TPSA) is 94.4 Å². The molecule has 1 aliphatic rings. The zero-order valence-corrected chi connectivity index (χ0v) is 15.7. The molecule has 0 amide bonds. The van der Waals surface area contributed by atoms with Crippen molar-refractivity contribution >= 4 is 11.0 Å². The lowest BCUT2D eigenvalue weighted by molar-refractivity contribution is 0.411. The predicted octanol–water partition coefficient (Wildman–Crippen LogP) is 3.48. The summed E-state index contributed by atoms with van der Waals surface area (Å²) in [6.45, 7) is 1.68. The standard InChI is InChI=1S/C22H16N2O5/c1-11-23-20(25)18-16(12-6-5-7-13(10-12)27-2)17-19(29-21(18)24-11)14-8-3-4-9-15(14)28-22(17)26/h3-10,16H,1-2H3,(H,23,24,25)/t16-/m1/s1. The van der Waals surface area contributed by atoms with Gasteiger partial charge >= 0.3 is 5.63 Å². The van der Waals surface area contributed by atoms with Crippen LogP contribution >= 0.6 is 0 Å². The molecule has 1 N–H and O–H groups in total. The van der Waals surface area contributed by atoms with Crippen LogP contribution in [-0.2, 0) is 0 Å². The highest BCUT2D eigenvalue weighted by atomic mass is 16.5. The molecule has 0 radical (unpaired) electrons. The lowest BCUT2D eigenvalue weighted by atomic mass is 9.84. The van der Waals surface area contributed by atoms with E-state index in [0.29, 0.717) is 33.9 Å². The van der Waals surface area contributed by atoms with Crippen molar-refractivity contribution in [1.29, 1.82) is 0 Å². The minimum atomic E-state index is -0.707. The first-order valence-electron chi connectivity index (χ1n) is 9.05. The van der Waals surface area contributed by atoms with Crippen molar-refractivity contribution in [1.82, 2.24) is 9.97 Å².